The van der Waals surface area contributed by atoms with Crippen LogP contribution in [0.2, 0.25) is 0 Å². The Morgan fingerprint density at radius 2 is 1.86 bits per heavy atom. The summed E-state index contributed by atoms with van der Waals surface area (Å²) in [7, 11) is 0. The van der Waals surface area contributed by atoms with Gasteiger partial charge in [-0.15, -0.1) is 0 Å². The number of rotatable bonds is 3. The summed E-state index contributed by atoms with van der Waals surface area (Å²) in [5.41, 5.74) is 1.45. The second-order valence-electron chi connectivity index (χ2n) is 3.09. The van der Waals surface area contributed by atoms with E-state index in [0.717, 1.165) is 11.1 Å². The van der Waals surface area contributed by atoms with Gasteiger partial charge in [0.05, 0.1) is 0 Å². The first-order valence-electron chi connectivity index (χ1n) is 4.15. The third kappa shape index (κ3) is 2.39. The summed E-state index contributed by atoms with van der Waals surface area (Å²) in [6.45, 7) is 3.14. The lowest BCUT2D eigenvalue weighted by Crippen LogP contribution is -2.10. The highest BCUT2D eigenvalue weighted by Gasteiger charge is 2.07. The molecule has 0 saturated carbocycles. The third-order valence-corrected chi connectivity index (χ3v) is 1.79. The summed E-state index contributed by atoms with van der Waals surface area (Å²) in [4.78, 5) is 10.3. The molecular weight excluding hydrogens is 184 g/mol. The van der Waals surface area contributed by atoms with Gasteiger partial charge in [-0.05, 0) is 37.1 Å². The molecule has 1 aromatic rings. The Morgan fingerprint density at radius 3 is 2.29 bits per heavy atom. The Kier molecular flexibility index (Phi) is 2.96. The molecular formula is C10H12O4. The van der Waals surface area contributed by atoms with E-state index in [2.05, 4.69) is 0 Å². The van der Waals surface area contributed by atoms with E-state index in [9.17, 15) is 9.90 Å². The van der Waals surface area contributed by atoms with Crippen LogP contribution in [0.4, 0.5) is 0 Å². The van der Waals surface area contributed by atoms with Crippen molar-refractivity contribution in [2.24, 2.45) is 0 Å². The lowest BCUT2D eigenvalue weighted by atomic mass is 10.1. The highest BCUT2D eigenvalue weighted by atomic mass is 16.5. The van der Waals surface area contributed by atoms with Gasteiger partial charge in [0, 0.05) is 0 Å². The number of carboxylic acid groups (broad SMARTS) is 1. The largest absolute Gasteiger partial charge is 0.508 e. The lowest BCUT2D eigenvalue weighted by Gasteiger charge is -2.10. The highest BCUT2D eigenvalue weighted by molar-refractivity contribution is 5.68. The molecule has 0 bridgehead atoms. The summed E-state index contributed by atoms with van der Waals surface area (Å²) in [6.07, 6.45) is 0. The molecule has 0 aliphatic heterocycles. The van der Waals surface area contributed by atoms with E-state index in [1.54, 1.807) is 13.8 Å². The molecule has 0 aromatic heterocycles. The summed E-state index contributed by atoms with van der Waals surface area (Å²) >= 11 is 0. The molecule has 1 aromatic carbocycles. The number of aryl methyl sites for hydroxylation is 2. The van der Waals surface area contributed by atoms with Gasteiger partial charge in [0.25, 0.3) is 0 Å². The smallest absolute Gasteiger partial charge is 0.341 e. The van der Waals surface area contributed by atoms with Crippen LogP contribution in [-0.4, -0.2) is 22.8 Å². The van der Waals surface area contributed by atoms with Crippen LogP contribution in [0.25, 0.3) is 0 Å². The Balaban J connectivity index is 2.91. The number of aromatic hydroxyl groups is 1. The zero-order valence-corrected chi connectivity index (χ0v) is 8.07. The van der Waals surface area contributed by atoms with Gasteiger partial charge < -0.3 is 14.9 Å². The number of ether oxygens (including phenoxy) is 1. The van der Waals surface area contributed by atoms with E-state index in [4.69, 9.17) is 9.84 Å². The first kappa shape index (κ1) is 10.4. The highest BCUT2D eigenvalue weighted by Crippen LogP contribution is 2.27. The molecule has 1 rings (SSSR count). The van der Waals surface area contributed by atoms with Crippen LogP contribution in [0, 0.1) is 13.8 Å². The van der Waals surface area contributed by atoms with E-state index >= 15 is 0 Å². The number of benzene rings is 1. The normalized spacial score (nSPS) is 9.86. The lowest BCUT2D eigenvalue weighted by molar-refractivity contribution is -0.139. The Labute approximate surface area is 81.8 Å². The number of phenolic OH excluding ortho intramolecular Hbond substituents is 1. The number of hydrogen-bond donors (Lipinski definition) is 2. The SMILES string of the molecule is Cc1cc(O)cc(C)c1OCC(=O)O. The van der Waals surface area contributed by atoms with Gasteiger partial charge in [-0.25, -0.2) is 4.79 Å². The summed E-state index contributed by atoms with van der Waals surface area (Å²) in [5, 5.41) is 17.7. The Bertz CT molecular complexity index is 334. The number of carboxylic acids is 1. The maximum atomic E-state index is 10.3. The quantitative estimate of drug-likeness (QED) is 0.768. The Morgan fingerprint density at radius 1 is 1.36 bits per heavy atom. The fourth-order valence-corrected chi connectivity index (χ4v) is 1.29. The minimum Gasteiger partial charge on any atom is -0.508 e. The third-order valence-electron chi connectivity index (χ3n) is 1.79. The molecule has 0 amide bonds. The summed E-state index contributed by atoms with van der Waals surface area (Å²) in [5.74, 6) is -0.343. The van der Waals surface area contributed by atoms with Gasteiger partial charge in [0.15, 0.2) is 6.61 Å². The fourth-order valence-electron chi connectivity index (χ4n) is 1.29. The zero-order chi connectivity index (χ0) is 10.7. The molecule has 0 saturated heterocycles. The van der Waals surface area contributed by atoms with Crippen molar-refractivity contribution in [1.29, 1.82) is 0 Å². The average Bonchev–Trinajstić information content (AvgIpc) is 2.01. The molecule has 0 fully saturated rings. The van der Waals surface area contributed by atoms with Crippen molar-refractivity contribution in [2.75, 3.05) is 6.61 Å². The topological polar surface area (TPSA) is 66.8 Å². The second-order valence-corrected chi connectivity index (χ2v) is 3.09. The monoisotopic (exact) mass is 196 g/mol. The molecule has 76 valence electrons. The van der Waals surface area contributed by atoms with Crippen molar-refractivity contribution in [3.63, 3.8) is 0 Å². The van der Waals surface area contributed by atoms with Crippen LogP contribution < -0.4 is 4.74 Å². The zero-order valence-electron chi connectivity index (χ0n) is 8.07. The van der Waals surface area contributed by atoms with Crippen molar-refractivity contribution in [3.8, 4) is 11.5 Å². The van der Waals surface area contributed by atoms with Gasteiger partial charge in [0.1, 0.15) is 11.5 Å². The van der Waals surface area contributed by atoms with E-state index in [0.29, 0.717) is 5.75 Å². The fraction of sp³-hybridized carbons (Fsp3) is 0.300. The molecule has 0 aliphatic rings. The van der Waals surface area contributed by atoms with E-state index in [-0.39, 0.29) is 12.4 Å². The van der Waals surface area contributed by atoms with Crippen LogP contribution in [0.5, 0.6) is 11.5 Å². The molecule has 4 heteroatoms. The van der Waals surface area contributed by atoms with Crippen molar-refractivity contribution in [2.45, 2.75) is 13.8 Å². The summed E-state index contributed by atoms with van der Waals surface area (Å²) in [6, 6.07) is 3.06. The molecule has 2 N–H and O–H groups in total. The van der Waals surface area contributed by atoms with E-state index in [1.807, 2.05) is 0 Å². The van der Waals surface area contributed by atoms with Crippen molar-refractivity contribution < 1.29 is 19.7 Å². The molecule has 14 heavy (non-hydrogen) atoms. The van der Waals surface area contributed by atoms with Crippen LogP contribution in [0.1, 0.15) is 11.1 Å². The molecule has 0 aliphatic carbocycles. The van der Waals surface area contributed by atoms with Gasteiger partial charge >= 0.3 is 5.97 Å². The Hall–Kier alpha value is -1.71. The van der Waals surface area contributed by atoms with Gasteiger partial charge in [0.2, 0.25) is 0 Å². The van der Waals surface area contributed by atoms with E-state index < -0.39 is 5.97 Å². The maximum Gasteiger partial charge on any atom is 0.341 e. The van der Waals surface area contributed by atoms with E-state index in [1.165, 1.54) is 12.1 Å². The minimum absolute atomic E-state index is 0.155. The molecule has 0 unspecified atom stereocenters. The first-order chi connectivity index (χ1) is 6.50. The standard InChI is InChI=1S/C10H12O4/c1-6-3-8(11)4-7(2)10(6)14-5-9(12)13/h3-4,11H,5H2,1-2H3,(H,12,13). The number of carbonyl (C=O) groups is 1. The minimum atomic E-state index is -1.02. The van der Waals surface area contributed by atoms with Crippen LogP contribution in [0.15, 0.2) is 12.1 Å². The van der Waals surface area contributed by atoms with Gasteiger partial charge in [-0.1, -0.05) is 0 Å². The average molecular weight is 196 g/mol. The maximum absolute atomic E-state index is 10.3. The van der Waals surface area contributed by atoms with Crippen LogP contribution in [-0.2, 0) is 4.79 Å². The molecule has 0 atom stereocenters. The van der Waals surface area contributed by atoms with Crippen molar-refractivity contribution in [3.05, 3.63) is 23.3 Å². The number of phenols is 1. The van der Waals surface area contributed by atoms with Gasteiger partial charge in [-0.3, -0.25) is 0 Å². The molecule has 0 heterocycles. The molecule has 4 nitrogen and oxygen atoms in total. The number of hydrogen-bond acceptors (Lipinski definition) is 3. The summed E-state index contributed by atoms with van der Waals surface area (Å²) < 4.78 is 5.07. The number of aliphatic carboxylic acids is 1. The van der Waals surface area contributed by atoms with Crippen LogP contribution in [0.3, 0.4) is 0 Å². The first-order valence-corrected chi connectivity index (χ1v) is 4.15. The predicted octanol–water partition coefficient (Wildman–Crippen LogP) is 1.47. The molecule has 0 spiro atoms. The van der Waals surface area contributed by atoms with Gasteiger partial charge in [-0.2, -0.15) is 0 Å². The molecule has 0 radical (unpaired) electrons. The van der Waals surface area contributed by atoms with Crippen molar-refractivity contribution in [1.82, 2.24) is 0 Å². The van der Waals surface area contributed by atoms with Crippen LogP contribution >= 0.6 is 0 Å². The predicted molar refractivity (Wildman–Crippen MR) is 50.7 cm³/mol. The second kappa shape index (κ2) is 4.00. The van der Waals surface area contributed by atoms with Crippen molar-refractivity contribution >= 4 is 5.97 Å².